The quantitative estimate of drug-likeness (QED) is 0.820. The first kappa shape index (κ1) is 15.7. The van der Waals surface area contributed by atoms with E-state index >= 15 is 0 Å². The summed E-state index contributed by atoms with van der Waals surface area (Å²) in [6.45, 7) is 4.85. The molecule has 2 unspecified atom stereocenters. The van der Waals surface area contributed by atoms with E-state index in [2.05, 4.69) is 31.2 Å². The third kappa shape index (κ3) is 3.16. The van der Waals surface area contributed by atoms with Gasteiger partial charge in [-0.05, 0) is 53.2 Å². The van der Waals surface area contributed by atoms with Crippen LogP contribution in [0.2, 0.25) is 0 Å². The van der Waals surface area contributed by atoms with Gasteiger partial charge in [-0.1, -0.05) is 0 Å². The predicted octanol–water partition coefficient (Wildman–Crippen LogP) is 1.10. The van der Waals surface area contributed by atoms with Crippen molar-refractivity contribution in [2.75, 3.05) is 33.7 Å². The lowest BCUT2D eigenvalue weighted by Crippen LogP contribution is -2.57. The summed E-state index contributed by atoms with van der Waals surface area (Å²) in [6, 6.07) is 0.533. The average molecular weight is 276 g/mol. The van der Waals surface area contributed by atoms with E-state index < -0.39 is 0 Å². The molecule has 0 bridgehead atoms. The summed E-state index contributed by atoms with van der Waals surface area (Å²) in [7, 11) is 4.19. The van der Waals surface area contributed by atoms with E-state index in [1.807, 2.05) is 4.90 Å². The van der Waals surface area contributed by atoms with Crippen LogP contribution in [-0.4, -0.2) is 61.0 Å². The highest BCUT2D eigenvalue weighted by molar-refractivity contribution is 5.86. The van der Waals surface area contributed by atoms with Crippen molar-refractivity contribution < 1.29 is 4.79 Å². The number of hydrogen-bond acceptors (Lipinski definition) is 3. The molecule has 0 aliphatic carbocycles. The molecule has 1 amide bonds. The van der Waals surface area contributed by atoms with Crippen LogP contribution in [0.3, 0.4) is 0 Å². The normalized spacial score (nSPS) is 32.4. The number of carbonyl (C=O) groups excluding carboxylic acids is 1. The number of carbonyl (C=O) groups is 1. The molecule has 1 N–H and O–H groups in total. The zero-order valence-electron chi connectivity index (χ0n) is 11.7. The largest absolute Gasteiger partial charge is 0.339 e. The molecule has 106 valence electrons. The second-order valence-electron chi connectivity index (χ2n) is 5.87. The first-order valence-electron chi connectivity index (χ1n) is 6.74. The van der Waals surface area contributed by atoms with Crippen molar-refractivity contribution >= 4 is 18.3 Å². The molecule has 0 aromatic carbocycles. The van der Waals surface area contributed by atoms with Gasteiger partial charge in [0, 0.05) is 19.1 Å². The lowest BCUT2D eigenvalue weighted by Gasteiger charge is -2.36. The molecule has 5 heteroatoms. The van der Waals surface area contributed by atoms with E-state index in [-0.39, 0.29) is 17.9 Å². The zero-order valence-corrected chi connectivity index (χ0v) is 12.6. The summed E-state index contributed by atoms with van der Waals surface area (Å²) >= 11 is 0. The smallest absolute Gasteiger partial charge is 0.242 e. The molecule has 2 heterocycles. The number of halogens is 1. The SMILES string of the molecule is CN(C)C1CCN(C(=O)C2(C)CCCCN2)C1.Cl. The van der Waals surface area contributed by atoms with Crippen molar-refractivity contribution in [3.63, 3.8) is 0 Å². The Hall–Kier alpha value is -0.320. The van der Waals surface area contributed by atoms with Crippen molar-refractivity contribution in [2.24, 2.45) is 0 Å². The van der Waals surface area contributed by atoms with Crippen LogP contribution in [-0.2, 0) is 4.79 Å². The maximum absolute atomic E-state index is 12.5. The predicted molar refractivity (Wildman–Crippen MR) is 76.2 cm³/mol. The van der Waals surface area contributed by atoms with Crippen LogP contribution < -0.4 is 5.32 Å². The summed E-state index contributed by atoms with van der Waals surface area (Å²) < 4.78 is 0. The highest BCUT2D eigenvalue weighted by Gasteiger charge is 2.40. The summed E-state index contributed by atoms with van der Waals surface area (Å²) in [4.78, 5) is 16.8. The van der Waals surface area contributed by atoms with Crippen molar-refractivity contribution in [3.05, 3.63) is 0 Å². The van der Waals surface area contributed by atoms with Gasteiger partial charge in [-0.2, -0.15) is 0 Å². The van der Waals surface area contributed by atoms with Crippen molar-refractivity contribution in [1.29, 1.82) is 0 Å². The minimum Gasteiger partial charge on any atom is -0.339 e. The van der Waals surface area contributed by atoms with Gasteiger partial charge in [0.2, 0.25) is 5.91 Å². The fraction of sp³-hybridized carbons (Fsp3) is 0.923. The topological polar surface area (TPSA) is 35.6 Å². The van der Waals surface area contributed by atoms with Gasteiger partial charge in [0.05, 0.1) is 5.54 Å². The molecule has 2 rings (SSSR count). The molecule has 0 saturated carbocycles. The second-order valence-corrected chi connectivity index (χ2v) is 5.87. The Balaban J connectivity index is 0.00000162. The van der Waals surface area contributed by atoms with Crippen LogP contribution in [0, 0.1) is 0 Å². The number of amides is 1. The molecule has 2 aliphatic heterocycles. The number of hydrogen-bond donors (Lipinski definition) is 1. The third-order valence-electron chi connectivity index (χ3n) is 4.27. The Morgan fingerprint density at radius 2 is 2.11 bits per heavy atom. The molecule has 0 aromatic rings. The standard InChI is InChI=1S/C13H25N3O.ClH/c1-13(7-4-5-8-14-13)12(17)16-9-6-11(10-16)15(2)3;/h11,14H,4-10H2,1-3H3;1H. The highest BCUT2D eigenvalue weighted by Crippen LogP contribution is 2.24. The van der Waals surface area contributed by atoms with Crippen LogP contribution >= 0.6 is 12.4 Å². The fourth-order valence-electron chi connectivity index (χ4n) is 2.94. The van der Waals surface area contributed by atoms with E-state index in [9.17, 15) is 4.79 Å². The number of nitrogens with one attached hydrogen (secondary N) is 1. The molecule has 2 aliphatic rings. The maximum atomic E-state index is 12.5. The van der Waals surface area contributed by atoms with Crippen LogP contribution in [0.4, 0.5) is 0 Å². The van der Waals surface area contributed by atoms with E-state index in [0.29, 0.717) is 11.9 Å². The lowest BCUT2D eigenvalue weighted by atomic mass is 9.89. The molecule has 18 heavy (non-hydrogen) atoms. The van der Waals surface area contributed by atoms with E-state index in [0.717, 1.165) is 32.5 Å². The Bertz CT molecular complexity index is 290. The monoisotopic (exact) mass is 275 g/mol. The minimum absolute atomic E-state index is 0. The molecule has 2 fully saturated rings. The van der Waals surface area contributed by atoms with Gasteiger partial charge < -0.3 is 15.1 Å². The number of rotatable bonds is 2. The maximum Gasteiger partial charge on any atom is 0.242 e. The van der Waals surface area contributed by atoms with E-state index in [1.54, 1.807) is 0 Å². The van der Waals surface area contributed by atoms with Gasteiger partial charge >= 0.3 is 0 Å². The summed E-state index contributed by atoms with van der Waals surface area (Å²) in [5.74, 6) is 0.307. The van der Waals surface area contributed by atoms with E-state index in [1.165, 1.54) is 12.8 Å². The van der Waals surface area contributed by atoms with E-state index in [4.69, 9.17) is 0 Å². The highest BCUT2D eigenvalue weighted by atomic mass is 35.5. The number of piperidine rings is 1. The van der Waals surface area contributed by atoms with Crippen molar-refractivity contribution in [2.45, 2.75) is 44.2 Å². The Morgan fingerprint density at radius 3 is 2.61 bits per heavy atom. The van der Waals surface area contributed by atoms with Crippen molar-refractivity contribution in [1.82, 2.24) is 15.1 Å². The molecule has 2 saturated heterocycles. The Morgan fingerprint density at radius 1 is 1.39 bits per heavy atom. The van der Waals surface area contributed by atoms with Gasteiger partial charge in [0.15, 0.2) is 0 Å². The molecular weight excluding hydrogens is 250 g/mol. The second kappa shape index (κ2) is 6.22. The fourth-order valence-corrected chi connectivity index (χ4v) is 2.94. The lowest BCUT2D eigenvalue weighted by molar-refractivity contribution is -0.137. The molecule has 0 radical (unpaired) electrons. The van der Waals surface area contributed by atoms with Crippen LogP contribution in [0.1, 0.15) is 32.6 Å². The zero-order chi connectivity index (χ0) is 12.5. The Labute approximate surface area is 116 Å². The van der Waals surface area contributed by atoms with Crippen LogP contribution in [0.5, 0.6) is 0 Å². The number of nitrogens with zero attached hydrogens (tertiary/aromatic N) is 2. The summed E-state index contributed by atoms with van der Waals surface area (Å²) in [5, 5.41) is 3.41. The average Bonchev–Trinajstić information content (AvgIpc) is 2.78. The number of likely N-dealkylation sites (N-methyl/N-ethyl adjacent to an activating group) is 1. The first-order chi connectivity index (χ1) is 8.03. The van der Waals surface area contributed by atoms with Gasteiger partial charge in [-0.3, -0.25) is 4.79 Å². The summed E-state index contributed by atoms with van der Waals surface area (Å²) in [6.07, 6.45) is 4.45. The Kier molecular flexibility index (Phi) is 5.44. The minimum atomic E-state index is -0.306. The molecular formula is C13H26ClN3O. The van der Waals surface area contributed by atoms with Gasteiger partial charge in [0.25, 0.3) is 0 Å². The van der Waals surface area contributed by atoms with Gasteiger partial charge in [-0.15, -0.1) is 12.4 Å². The van der Waals surface area contributed by atoms with Gasteiger partial charge in [0.1, 0.15) is 0 Å². The number of likely N-dealkylation sites (tertiary alicyclic amines) is 1. The van der Waals surface area contributed by atoms with Crippen LogP contribution in [0.15, 0.2) is 0 Å². The summed E-state index contributed by atoms with van der Waals surface area (Å²) in [5.41, 5.74) is -0.306. The molecule has 4 nitrogen and oxygen atoms in total. The molecule has 2 atom stereocenters. The van der Waals surface area contributed by atoms with Crippen molar-refractivity contribution in [3.8, 4) is 0 Å². The van der Waals surface area contributed by atoms with Crippen LogP contribution in [0.25, 0.3) is 0 Å². The molecule has 0 aromatic heterocycles. The third-order valence-corrected chi connectivity index (χ3v) is 4.27. The first-order valence-corrected chi connectivity index (χ1v) is 6.74. The van der Waals surface area contributed by atoms with Gasteiger partial charge in [-0.25, -0.2) is 0 Å². The molecule has 0 spiro atoms.